The molecule has 0 radical (unpaired) electrons. The van der Waals surface area contributed by atoms with Gasteiger partial charge in [-0.25, -0.2) is 0 Å². The topological polar surface area (TPSA) is 23.9 Å². The largest absolute Gasteiger partial charge is 0.304 e. The van der Waals surface area contributed by atoms with E-state index >= 15 is 0 Å². The van der Waals surface area contributed by atoms with Gasteiger partial charge < -0.3 is 5.41 Å². The predicted octanol–water partition coefficient (Wildman–Crippen LogP) is 5.28. The van der Waals surface area contributed by atoms with Crippen molar-refractivity contribution in [1.29, 1.82) is 5.41 Å². The van der Waals surface area contributed by atoms with E-state index in [0.717, 1.165) is 17.7 Å². The van der Waals surface area contributed by atoms with Crippen molar-refractivity contribution < 1.29 is 0 Å². The van der Waals surface area contributed by atoms with Crippen LogP contribution < -0.4 is 0 Å². The first-order valence-corrected chi connectivity index (χ1v) is 7.49. The summed E-state index contributed by atoms with van der Waals surface area (Å²) < 4.78 is 0. The molecule has 2 aromatic rings. The molecule has 0 amide bonds. The zero-order valence-electron chi connectivity index (χ0n) is 12.6. The summed E-state index contributed by atoms with van der Waals surface area (Å²) in [5, 5.41) is 8.56. The number of benzene rings is 2. The van der Waals surface area contributed by atoms with Gasteiger partial charge in [-0.05, 0) is 23.1 Å². The third kappa shape index (κ3) is 2.69. The Morgan fingerprint density at radius 2 is 1.67 bits per heavy atom. The van der Waals surface area contributed by atoms with E-state index < -0.39 is 0 Å². The van der Waals surface area contributed by atoms with Crippen molar-refractivity contribution in [1.82, 2.24) is 0 Å². The zero-order chi connectivity index (χ0) is 14.9. The Morgan fingerprint density at radius 1 is 1.00 bits per heavy atom. The molecule has 1 aliphatic rings. The summed E-state index contributed by atoms with van der Waals surface area (Å²) in [6.07, 6.45) is 5.46. The van der Waals surface area contributed by atoms with Crippen LogP contribution >= 0.6 is 0 Å². The molecule has 0 saturated carbocycles. The maximum absolute atomic E-state index is 8.56. The van der Waals surface area contributed by atoms with Crippen LogP contribution in [0.1, 0.15) is 42.9 Å². The molecule has 1 heteroatoms. The van der Waals surface area contributed by atoms with Crippen LogP contribution in [-0.2, 0) is 0 Å². The minimum absolute atomic E-state index is 0.145. The SMILES string of the molecule is CC(C)(CC1C=Cc2ccccc21)C(=N)c1ccccc1. The molecule has 0 aliphatic heterocycles. The molecule has 0 aromatic heterocycles. The first-order chi connectivity index (χ1) is 10.1. The highest BCUT2D eigenvalue weighted by atomic mass is 14.5. The molecule has 106 valence electrons. The van der Waals surface area contributed by atoms with Crippen molar-refractivity contribution >= 4 is 11.8 Å². The first kappa shape index (κ1) is 13.8. The lowest BCUT2D eigenvalue weighted by atomic mass is 9.75. The molecule has 1 unspecified atom stereocenters. The third-order valence-electron chi connectivity index (χ3n) is 4.37. The van der Waals surface area contributed by atoms with Crippen molar-refractivity contribution in [2.45, 2.75) is 26.2 Å². The van der Waals surface area contributed by atoms with Crippen LogP contribution in [0.3, 0.4) is 0 Å². The molecule has 0 spiro atoms. The van der Waals surface area contributed by atoms with E-state index in [1.165, 1.54) is 11.1 Å². The number of hydrogen-bond acceptors (Lipinski definition) is 1. The van der Waals surface area contributed by atoms with Crippen LogP contribution in [0.5, 0.6) is 0 Å². The summed E-state index contributed by atoms with van der Waals surface area (Å²) in [6.45, 7) is 4.36. The van der Waals surface area contributed by atoms with E-state index in [9.17, 15) is 0 Å². The monoisotopic (exact) mass is 275 g/mol. The minimum Gasteiger partial charge on any atom is -0.304 e. The molecule has 21 heavy (non-hydrogen) atoms. The molecule has 0 heterocycles. The van der Waals surface area contributed by atoms with Gasteiger partial charge in [0.15, 0.2) is 0 Å². The van der Waals surface area contributed by atoms with Crippen molar-refractivity contribution in [2.75, 3.05) is 0 Å². The predicted molar refractivity (Wildman–Crippen MR) is 89.9 cm³/mol. The molecule has 0 saturated heterocycles. The van der Waals surface area contributed by atoms with Gasteiger partial charge >= 0.3 is 0 Å². The molecule has 3 rings (SSSR count). The smallest absolute Gasteiger partial charge is 0.0442 e. The van der Waals surface area contributed by atoms with Crippen molar-refractivity contribution in [3.8, 4) is 0 Å². The highest BCUT2D eigenvalue weighted by Gasteiger charge is 2.30. The van der Waals surface area contributed by atoms with E-state index in [1.807, 2.05) is 30.3 Å². The zero-order valence-corrected chi connectivity index (χ0v) is 12.6. The van der Waals surface area contributed by atoms with Crippen LogP contribution in [-0.4, -0.2) is 5.71 Å². The van der Waals surface area contributed by atoms with Gasteiger partial charge in [0.05, 0.1) is 0 Å². The molecular formula is C20H21N. The van der Waals surface area contributed by atoms with Gasteiger partial charge in [-0.3, -0.25) is 0 Å². The Hall–Kier alpha value is -2.15. The summed E-state index contributed by atoms with van der Waals surface area (Å²) in [5.41, 5.74) is 4.32. The first-order valence-electron chi connectivity index (χ1n) is 7.49. The van der Waals surface area contributed by atoms with Crippen LogP contribution in [0.2, 0.25) is 0 Å². The lowest BCUT2D eigenvalue weighted by Gasteiger charge is -2.29. The Labute approximate surface area is 126 Å². The van der Waals surface area contributed by atoms with E-state index in [1.54, 1.807) is 0 Å². The summed E-state index contributed by atoms with van der Waals surface area (Å²) in [4.78, 5) is 0. The van der Waals surface area contributed by atoms with E-state index in [0.29, 0.717) is 5.92 Å². The van der Waals surface area contributed by atoms with Crippen LogP contribution in [0, 0.1) is 10.8 Å². The molecular weight excluding hydrogens is 254 g/mol. The van der Waals surface area contributed by atoms with Gasteiger partial charge in [-0.15, -0.1) is 0 Å². The third-order valence-corrected chi connectivity index (χ3v) is 4.37. The standard InChI is InChI=1S/C20H21N/c1-20(2,19(21)16-9-4-3-5-10-16)14-17-13-12-15-8-6-7-11-18(15)17/h3-13,17,21H,14H2,1-2H3. The number of fused-ring (bicyclic) bond motifs is 1. The van der Waals surface area contributed by atoms with Crippen LogP contribution in [0.4, 0.5) is 0 Å². The van der Waals surface area contributed by atoms with Gasteiger partial charge in [0.25, 0.3) is 0 Å². The van der Waals surface area contributed by atoms with E-state index in [4.69, 9.17) is 5.41 Å². The van der Waals surface area contributed by atoms with Gasteiger partial charge in [-0.2, -0.15) is 0 Å². The van der Waals surface area contributed by atoms with Gasteiger partial charge in [-0.1, -0.05) is 80.6 Å². The maximum Gasteiger partial charge on any atom is 0.0442 e. The van der Waals surface area contributed by atoms with Gasteiger partial charge in [0.2, 0.25) is 0 Å². The summed E-state index contributed by atoms with van der Waals surface area (Å²) in [7, 11) is 0. The second-order valence-corrected chi connectivity index (χ2v) is 6.42. The second-order valence-electron chi connectivity index (χ2n) is 6.42. The quantitative estimate of drug-likeness (QED) is 0.734. The summed E-state index contributed by atoms with van der Waals surface area (Å²) >= 11 is 0. The average molecular weight is 275 g/mol. The number of nitrogens with one attached hydrogen (secondary N) is 1. The summed E-state index contributed by atoms with van der Waals surface area (Å²) in [5.74, 6) is 0.417. The second kappa shape index (κ2) is 5.33. The molecule has 1 aliphatic carbocycles. The Morgan fingerprint density at radius 3 is 2.43 bits per heavy atom. The Kier molecular flexibility index (Phi) is 3.50. The lowest BCUT2D eigenvalue weighted by Crippen LogP contribution is -2.26. The van der Waals surface area contributed by atoms with Crippen molar-refractivity contribution in [3.05, 3.63) is 77.4 Å². The van der Waals surface area contributed by atoms with Crippen molar-refractivity contribution in [3.63, 3.8) is 0 Å². The minimum atomic E-state index is -0.145. The van der Waals surface area contributed by atoms with Gasteiger partial charge in [0.1, 0.15) is 0 Å². The Bertz CT molecular complexity index is 680. The van der Waals surface area contributed by atoms with E-state index in [2.05, 4.69) is 50.3 Å². The maximum atomic E-state index is 8.56. The van der Waals surface area contributed by atoms with Crippen LogP contribution in [0.25, 0.3) is 6.08 Å². The van der Waals surface area contributed by atoms with E-state index in [-0.39, 0.29) is 5.41 Å². The number of allylic oxidation sites excluding steroid dienone is 1. The highest BCUT2D eigenvalue weighted by molar-refractivity contribution is 6.02. The molecule has 0 fully saturated rings. The van der Waals surface area contributed by atoms with Crippen LogP contribution in [0.15, 0.2) is 60.7 Å². The molecule has 0 bridgehead atoms. The lowest BCUT2D eigenvalue weighted by molar-refractivity contribution is 0.452. The Balaban J connectivity index is 1.82. The van der Waals surface area contributed by atoms with Crippen molar-refractivity contribution in [2.24, 2.45) is 5.41 Å². The van der Waals surface area contributed by atoms with Gasteiger partial charge in [0, 0.05) is 17.0 Å². The molecule has 1 atom stereocenters. The number of hydrogen-bond donors (Lipinski definition) is 1. The average Bonchev–Trinajstić information content (AvgIpc) is 2.90. The summed E-state index contributed by atoms with van der Waals surface area (Å²) in [6, 6.07) is 18.6. The fourth-order valence-corrected chi connectivity index (χ4v) is 3.15. The number of rotatable bonds is 4. The molecule has 2 aromatic carbocycles. The molecule has 1 N–H and O–H groups in total. The molecule has 1 nitrogen and oxygen atoms in total. The highest BCUT2D eigenvalue weighted by Crippen LogP contribution is 2.40. The normalized spacial score (nSPS) is 16.8. The fraction of sp³-hybridized carbons (Fsp3) is 0.250. The fourth-order valence-electron chi connectivity index (χ4n) is 3.15.